The Labute approximate surface area is 105 Å². The summed E-state index contributed by atoms with van der Waals surface area (Å²) >= 11 is 3.46. The maximum atomic E-state index is 5.67. The number of hydrogen-bond donors (Lipinski definition) is 1. The van der Waals surface area contributed by atoms with Crippen LogP contribution in [0.1, 0.15) is 18.4 Å². The molecule has 1 aromatic heterocycles. The molecule has 0 amide bonds. The van der Waals surface area contributed by atoms with Gasteiger partial charge in [-0.1, -0.05) is 0 Å². The first kappa shape index (κ1) is 11.9. The Bertz CT molecular complexity index is 351. The van der Waals surface area contributed by atoms with Gasteiger partial charge in [-0.05, 0) is 66.3 Å². The van der Waals surface area contributed by atoms with Crippen LogP contribution in [0.3, 0.4) is 0 Å². The summed E-state index contributed by atoms with van der Waals surface area (Å²) in [6.45, 7) is 5.05. The van der Waals surface area contributed by atoms with Crippen LogP contribution in [0.25, 0.3) is 0 Å². The number of aryl methyl sites for hydroxylation is 1. The second-order valence-electron chi connectivity index (χ2n) is 4.30. The molecular formula is C12H17BrN2O. The standard InChI is InChI=1S/C12H17BrN2O/c1-9-6-11(13)12(15-7-9)16-5-3-10-2-4-14-8-10/h6-7,10,14H,2-5,8H2,1H3. The summed E-state index contributed by atoms with van der Waals surface area (Å²) in [6, 6.07) is 2.03. The topological polar surface area (TPSA) is 34.1 Å². The number of hydrogen-bond acceptors (Lipinski definition) is 3. The van der Waals surface area contributed by atoms with Crippen LogP contribution in [0.2, 0.25) is 0 Å². The predicted molar refractivity (Wildman–Crippen MR) is 67.8 cm³/mol. The van der Waals surface area contributed by atoms with E-state index in [2.05, 4.69) is 26.2 Å². The highest BCUT2D eigenvalue weighted by atomic mass is 79.9. The van der Waals surface area contributed by atoms with Crippen LogP contribution >= 0.6 is 15.9 Å². The molecule has 0 spiro atoms. The minimum Gasteiger partial charge on any atom is -0.477 e. The first-order valence-electron chi connectivity index (χ1n) is 5.71. The van der Waals surface area contributed by atoms with Gasteiger partial charge >= 0.3 is 0 Å². The van der Waals surface area contributed by atoms with Crippen molar-refractivity contribution in [2.24, 2.45) is 5.92 Å². The van der Waals surface area contributed by atoms with Crippen molar-refractivity contribution in [3.8, 4) is 5.88 Å². The second-order valence-corrected chi connectivity index (χ2v) is 5.15. The molecule has 16 heavy (non-hydrogen) atoms. The Balaban J connectivity index is 1.80. The van der Waals surface area contributed by atoms with E-state index in [4.69, 9.17) is 4.74 Å². The minimum absolute atomic E-state index is 0.705. The van der Waals surface area contributed by atoms with Gasteiger partial charge in [-0.2, -0.15) is 0 Å². The minimum atomic E-state index is 0.705. The molecule has 0 bridgehead atoms. The van der Waals surface area contributed by atoms with Crippen molar-refractivity contribution < 1.29 is 4.74 Å². The molecule has 4 heteroatoms. The van der Waals surface area contributed by atoms with E-state index in [1.54, 1.807) is 0 Å². The van der Waals surface area contributed by atoms with Crippen molar-refractivity contribution in [3.05, 3.63) is 22.3 Å². The number of nitrogens with zero attached hydrogens (tertiary/aromatic N) is 1. The van der Waals surface area contributed by atoms with E-state index in [-0.39, 0.29) is 0 Å². The maximum Gasteiger partial charge on any atom is 0.227 e. The highest BCUT2D eigenvalue weighted by Gasteiger charge is 2.14. The number of aromatic nitrogens is 1. The van der Waals surface area contributed by atoms with Crippen LogP contribution in [0.15, 0.2) is 16.7 Å². The zero-order chi connectivity index (χ0) is 11.4. The summed E-state index contributed by atoms with van der Waals surface area (Å²) in [5.41, 5.74) is 1.14. The van der Waals surface area contributed by atoms with E-state index in [0.29, 0.717) is 5.88 Å². The molecule has 1 aliphatic rings. The molecule has 1 N–H and O–H groups in total. The Morgan fingerprint density at radius 1 is 1.62 bits per heavy atom. The lowest BCUT2D eigenvalue weighted by atomic mass is 10.1. The zero-order valence-electron chi connectivity index (χ0n) is 9.50. The number of halogens is 1. The van der Waals surface area contributed by atoms with Gasteiger partial charge < -0.3 is 10.1 Å². The lowest BCUT2D eigenvalue weighted by molar-refractivity contribution is 0.272. The third kappa shape index (κ3) is 3.19. The van der Waals surface area contributed by atoms with Gasteiger partial charge in [0.25, 0.3) is 0 Å². The summed E-state index contributed by atoms with van der Waals surface area (Å²) in [5.74, 6) is 1.47. The average molecular weight is 285 g/mol. The van der Waals surface area contributed by atoms with Gasteiger partial charge in [0.2, 0.25) is 5.88 Å². The molecule has 2 rings (SSSR count). The Morgan fingerprint density at radius 2 is 2.50 bits per heavy atom. The molecule has 0 aromatic carbocycles. The van der Waals surface area contributed by atoms with Crippen LogP contribution < -0.4 is 10.1 Å². The third-order valence-electron chi connectivity index (χ3n) is 2.87. The first-order valence-corrected chi connectivity index (χ1v) is 6.50. The molecule has 3 nitrogen and oxygen atoms in total. The highest BCUT2D eigenvalue weighted by Crippen LogP contribution is 2.23. The van der Waals surface area contributed by atoms with Crippen LogP contribution in [0.4, 0.5) is 0 Å². The van der Waals surface area contributed by atoms with E-state index >= 15 is 0 Å². The Kier molecular flexibility index (Phi) is 4.18. The predicted octanol–water partition coefficient (Wildman–Crippen LogP) is 2.53. The van der Waals surface area contributed by atoms with E-state index in [0.717, 1.165) is 42.1 Å². The molecule has 1 saturated heterocycles. The average Bonchev–Trinajstić information content (AvgIpc) is 2.74. The van der Waals surface area contributed by atoms with Gasteiger partial charge in [0.1, 0.15) is 0 Å². The molecule has 0 saturated carbocycles. The van der Waals surface area contributed by atoms with Crippen LogP contribution in [-0.4, -0.2) is 24.7 Å². The Hall–Kier alpha value is -0.610. The van der Waals surface area contributed by atoms with Crippen LogP contribution in [0, 0.1) is 12.8 Å². The van der Waals surface area contributed by atoms with Crippen molar-refractivity contribution in [1.82, 2.24) is 10.3 Å². The van der Waals surface area contributed by atoms with Crippen molar-refractivity contribution in [1.29, 1.82) is 0 Å². The van der Waals surface area contributed by atoms with E-state index in [9.17, 15) is 0 Å². The maximum absolute atomic E-state index is 5.67. The van der Waals surface area contributed by atoms with Gasteiger partial charge in [0.15, 0.2) is 0 Å². The molecule has 1 atom stereocenters. The van der Waals surface area contributed by atoms with Gasteiger partial charge in [0, 0.05) is 6.20 Å². The fourth-order valence-corrected chi connectivity index (χ4v) is 2.49. The quantitative estimate of drug-likeness (QED) is 0.923. The molecule has 0 radical (unpaired) electrons. The van der Waals surface area contributed by atoms with Gasteiger partial charge in [-0.15, -0.1) is 0 Å². The monoisotopic (exact) mass is 284 g/mol. The normalized spacial score (nSPS) is 20.0. The molecule has 88 valence electrons. The third-order valence-corrected chi connectivity index (χ3v) is 3.44. The molecule has 1 aromatic rings. The molecule has 1 unspecified atom stereocenters. The van der Waals surface area contributed by atoms with Crippen LogP contribution in [-0.2, 0) is 0 Å². The first-order chi connectivity index (χ1) is 7.75. The molecule has 1 fully saturated rings. The summed E-state index contributed by atoms with van der Waals surface area (Å²) < 4.78 is 6.61. The van der Waals surface area contributed by atoms with Crippen molar-refractivity contribution >= 4 is 15.9 Å². The summed E-state index contributed by atoms with van der Waals surface area (Å²) in [4.78, 5) is 4.26. The molecule has 2 heterocycles. The van der Waals surface area contributed by atoms with E-state index in [1.807, 2.05) is 19.2 Å². The van der Waals surface area contributed by atoms with E-state index in [1.165, 1.54) is 6.42 Å². The molecule has 0 aliphatic carbocycles. The number of pyridine rings is 1. The van der Waals surface area contributed by atoms with Crippen molar-refractivity contribution in [2.45, 2.75) is 19.8 Å². The van der Waals surface area contributed by atoms with Crippen molar-refractivity contribution in [2.75, 3.05) is 19.7 Å². The zero-order valence-corrected chi connectivity index (χ0v) is 11.1. The highest BCUT2D eigenvalue weighted by molar-refractivity contribution is 9.10. The summed E-state index contributed by atoms with van der Waals surface area (Å²) in [5, 5.41) is 3.36. The van der Waals surface area contributed by atoms with Crippen LogP contribution in [0.5, 0.6) is 5.88 Å². The SMILES string of the molecule is Cc1cnc(OCCC2CCNC2)c(Br)c1. The Morgan fingerprint density at radius 3 is 3.19 bits per heavy atom. The fraction of sp³-hybridized carbons (Fsp3) is 0.583. The fourth-order valence-electron chi connectivity index (χ4n) is 1.91. The number of ether oxygens (including phenoxy) is 1. The smallest absolute Gasteiger partial charge is 0.227 e. The summed E-state index contributed by atoms with van der Waals surface area (Å²) in [7, 11) is 0. The number of rotatable bonds is 4. The summed E-state index contributed by atoms with van der Waals surface area (Å²) in [6.07, 6.45) is 4.21. The van der Waals surface area contributed by atoms with Crippen molar-refractivity contribution in [3.63, 3.8) is 0 Å². The lowest BCUT2D eigenvalue weighted by Crippen LogP contribution is -2.12. The van der Waals surface area contributed by atoms with Gasteiger partial charge in [-0.25, -0.2) is 4.98 Å². The molecular weight excluding hydrogens is 268 g/mol. The van der Waals surface area contributed by atoms with E-state index < -0.39 is 0 Å². The largest absolute Gasteiger partial charge is 0.477 e. The number of nitrogens with one attached hydrogen (secondary N) is 1. The second kappa shape index (κ2) is 5.64. The lowest BCUT2D eigenvalue weighted by Gasteiger charge is -2.10. The molecule has 1 aliphatic heterocycles. The van der Waals surface area contributed by atoms with Gasteiger partial charge in [0.05, 0.1) is 11.1 Å². The van der Waals surface area contributed by atoms with Gasteiger partial charge in [-0.3, -0.25) is 0 Å².